The maximum absolute atomic E-state index is 12.1. The highest BCUT2D eigenvalue weighted by Crippen LogP contribution is 2.27. The van der Waals surface area contributed by atoms with Crippen LogP contribution in [0.3, 0.4) is 0 Å². The van der Waals surface area contributed by atoms with E-state index in [0.717, 1.165) is 25.9 Å². The summed E-state index contributed by atoms with van der Waals surface area (Å²) in [7, 11) is 0. The molecule has 0 saturated carbocycles. The number of nitrogens with one attached hydrogen (secondary N) is 1. The molecule has 0 atom stereocenters. The molecule has 3 rings (SSSR count). The van der Waals surface area contributed by atoms with Crippen LogP contribution in [-0.4, -0.2) is 31.4 Å². The van der Waals surface area contributed by atoms with Gasteiger partial charge in [0.2, 0.25) is 11.0 Å². The molecule has 26 heavy (non-hydrogen) atoms. The lowest BCUT2D eigenvalue weighted by Gasteiger charge is -2.09. The molecule has 0 aliphatic heterocycles. The molecule has 0 unspecified atom stereocenters. The van der Waals surface area contributed by atoms with Gasteiger partial charge in [-0.25, -0.2) is 4.98 Å². The van der Waals surface area contributed by atoms with Crippen molar-refractivity contribution in [2.24, 2.45) is 0 Å². The molecule has 1 N–H and O–H groups in total. The Kier molecular flexibility index (Phi) is 6.23. The Labute approximate surface area is 167 Å². The van der Waals surface area contributed by atoms with Crippen LogP contribution in [0.4, 0.5) is 5.13 Å². The molecule has 0 aliphatic carbocycles. The fraction of sp³-hybridized carbons (Fsp3) is 0.176. The lowest BCUT2D eigenvalue weighted by Crippen LogP contribution is -2.14. The van der Waals surface area contributed by atoms with E-state index in [9.17, 15) is 4.79 Å². The Hall–Kier alpha value is -1.97. The highest BCUT2D eigenvalue weighted by Gasteiger charge is 2.14. The second-order valence-electron chi connectivity index (χ2n) is 5.30. The first-order valence-electron chi connectivity index (χ1n) is 7.72. The number of nitrogens with zero attached hydrogens (tertiary/aromatic N) is 4. The highest BCUT2D eigenvalue weighted by atomic mass is 79.9. The molecule has 134 valence electrons. The topological polar surface area (TPSA) is 72.7 Å². The van der Waals surface area contributed by atoms with Crippen molar-refractivity contribution in [3.05, 3.63) is 52.6 Å². The van der Waals surface area contributed by atoms with Gasteiger partial charge in [0.1, 0.15) is 5.01 Å². The van der Waals surface area contributed by atoms with Gasteiger partial charge >= 0.3 is 0 Å². The van der Waals surface area contributed by atoms with Crippen LogP contribution < -0.4 is 5.32 Å². The van der Waals surface area contributed by atoms with Gasteiger partial charge in [0, 0.05) is 11.0 Å². The molecule has 6 nitrogen and oxygen atoms in total. The summed E-state index contributed by atoms with van der Waals surface area (Å²) in [6.07, 6.45) is 3.64. The predicted molar refractivity (Wildman–Crippen MR) is 110 cm³/mol. The van der Waals surface area contributed by atoms with Crippen molar-refractivity contribution in [2.75, 3.05) is 11.1 Å². The normalized spacial score (nSPS) is 10.7. The Morgan fingerprint density at radius 2 is 2.15 bits per heavy atom. The number of anilines is 1. The molecule has 0 spiro atoms. The molecule has 0 radical (unpaired) electrons. The van der Waals surface area contributed by atoms with Gasteiger partial charge in [-0.2, -0.15) is 0 Å². The van der Waals surface area contributed by atoms with Gasteiger partial charge in [-0.3, -0.25) is 10.1 Å². The van der Waals surface area contributed by atoms with Crippen LogP contribution in [0.25, 0.3) is 11.3 Å². The third-order valence-electron chi connectivity index (χ3n) is 3.38. The van der Waals surface area contributed by atoms with Gasteiger partial charge in [0.25, 0.3) is 0 Å². The molecular weight excluding hydrogens is 434 g/mol. The van der Waals surface area contributed by atoms with Gasteiger partial charge < -0.3 is 4.57 Å². The van der Waals surface area contributed by atoms with E-state index in [4.69, 9.17) is 0 Å². The number of halogens is 1. The number of hydrogen-bond donors (Lipinski definition) is 1. The third-order valence-corrected chi connectivity index (χ3v) is 5.65. The van der Waals surface area contributed by atoms with E-state index in [-0.39, 0.29) is 11.7 Å². The minimum Gasteiger partial charge on any atom is -0.315 e. The van der Waals surface area contributed by atoms with Crippen LogP contribution in [0.1, 0.15) is 5.01 Å². The minimum absolute atomic E-state index is 0.135. The van der Waals surface area contributed by atoms with Crippen LogP contribution in [0, 0.1) is 6.92 Å². The summed E-state index contributed by atoms with van der Waals surface area (Å²) < 4.78 is 3.07. The largest absolute Gasteiger partial charge is 0.315 e. The first-order valence-corrected chi connectivity index (χ1v) is 10.3. The quantitative estimate of drug-likeness (QED) is 0.427. The molecular formula is C17H16BrN5OS2. The number of aryl methyl sites for hydroxylation is 1. The highest BCUT2D eigenvalue weighted by molar-refractivity contribution is 9.10. The average Bonchev–Trinajstić information content (AvgIpc) is 3.20. The van der Waals surface area contributed by atoms with E-state index in [0.29, 0.717) is 11.7 Å². The van der Waals surface area contributed by atoms with E-state index in [1.807, 2.05) is 48.0 Å². The van der Waals surface area contributed by atoms with E-state index in [1.165, 1.54) is 23.1 Å². The van der Waals surface area contributed by atoms with Crippen LogP contribution in [0.15, 0.2) is 52.7 Å². The number of aromatic nitrogens is 4. The summed E-state index contributed by atoms with van der Waals surface area (Å²) in [5.41, 5.74) is 2.04. The molecule has 0 fully saturated rings. The van der Waals surface area contributed by atoms with E-state index < -0.39 is 0 Å². The Morgan fingerprint density at radius 3 is 2.81 bits per heavy atom. The fourth-order valence-corrected chi connectivity index (χ4v) is 3.92. The Bertz CT molecular complexity index is 920. The lowest BCUT2D eigenvalue weighted by atomic mass is 10.2. The van der Waals surface area contributed by atoms with Gasteiger partial charge in [-0.05, 0) is 24.6 Å². The van der Waals surface area contributed by atoms with E-state index in [1.54, 1.807) is 0 Å². The zero-order valence-corrected chi connectivity index (χ0v) is 17.2. The summed E-state index contributed by atoms with van der Waals surface area (Å²) in [4.78, 5) is 16.6. The zero-order chi connectivity index (χ0) is 18.5. The number of rotatable bonds is 7. The number of allylic oxidation sites excluding steroid dienone is 1. The maximum atomic E-state index is 12.1. The van der Waals surface area contributed by atoms with Crippen molar-refractivity contribution in [2.45, 2.75) is 18.6 Å². The van der Waals surface area contributed by atoms with Crippen molar-refractivity contribution in [1.82, 2.24) is 19.7 Å². The number of thioether (sulfide) groups is 1. The molecule has 2 aromatic heterocycles. The molecule has 0 bridgehead atoms. The van der Waals surface area contributed by atoms with E-state index in [2.05, 4.69) is 43.0 Å². The van der Waals surface area contributed by atoms with Crippen molar-refractivity contribution in [1.29, 1.82) is 0 Å². The number of hydrogen-bond acceptors (Lipinski definition) is 6. The summed E-state index contributed by atoms with van der Waals surface area (Å²) in [6, 6.07) is 8.04. The molecule has 2 heterocycles. The second-order valence-corrected chi connectivity index (χ2v) is 8.34. The third kappa shape index (κ3) is 4.60. The first-order chi connectivity index (χ1) is 12.6. The van der Waals surface area contributed by atoms with Gasteiger partial charge in [0.15, 0.2) is 5.16 Å². The Morgan fingerprint density at radius 1 is 1.38 bits per heavy atom. The monoisotopic (exact) mass is 449 g/mol. The molecule has 3 aromatic rings. The van der Waals surface area contributed by atoms with Gasteiger partial charge in [0.05, 0.1) is 17.6 Å². The summed E-state index contributed by atoms with van der Waals surface area (Å²) in [5.74, 6) is 0.108. The van der Waals surface area contributed by atoms with Crippen molar-refractivity contribution < 1.29 is 4.79 Å². The lowest BCUT2D eigenvalue weighted by molar-refractivity contribution is -0.113. The van der Waals surface area contributed by atoms with E-state index >= 15 is 0 Å². The Balaban J connectivity index is 1.72. The summed E-state index contributed by atoms with van der Waals surface area (Å²) >= 11 is 6.18. The number of amides is 1. The van der Waals surface area contributed by atoms with Crippen LogP contribution in [0.2, 0.25) is 0 Å². The first kappa shape index (κ1) is 18.8. The standard InChI is InChI=1S/C17H16BrN5OS2/c1-3-8-23-14(12-4-6-13(18)7-5-12)9-19-17(23)25-10-15(24)20-16-22-21-11(2)26-16/h3-7,9H,1,8,10H2,2H3,(H,20,22,24). The number of carbonyl (C=O) groups excluding carboxylic acids is 1. The zero-order valence-electron chi connectivity index (χ0n) is 14.0. The average molecular weight is 450 g/mol. The maximum Gasteiger partial charge on any atom is 0.236 e. The number of benzene rings is 1. The molecule has 0 aliphatic rings. The van der Waals surface area contributed by atoms with Crippen LogP contribution >= 0.6 is 39.0 Å². The second kappa shape index (κ2) is 8.61. The molecule has 1 aromatic carbocycles. The van der Waals surface area contributed by atoms with Gasteiger partial charge in [-0.1, -0.05) is 57.2 Å². The molecule has 0 saturated heterocycles. The van der Waals surface area contributed by atoms with Crippen molar-refractivity contribution in [3.63, 3.8) is 0 Å². The predicted octanol–water partition coefficient (Wildman–Crippen LogP) is 4.39. The summed E-state index contributed by atoms with van der Waals surface area (Å²) in [5, 5.41) is 12.6. The SMILES string of the molecule is C=CCn1c(-c2ccc(Br)cc2)cnc1SCC(=O)Nc1nnc(C)s1. The summed E-state index contributed by atoms with van der Waals surface area (Å²) in [6.45, 7) is 6.28. The number of carbonyl (C=O) groups is 1. The van der Waals surface area contributed by atoms with Gasteiger partial charge in [-0.15, -0.1) is 16.8 Å². The van der Waals surface area contributed by atoms with Crippen LogP contribution in [-0.2, 0) is 11.3 Å². The number of imidazole rings is 1. The molecule has 1 amide bonds. The minimum atomic E-state index is -0.135. The molecule has 9 heteroatoms. The van der Waals surface area contributed by atoms with Crippen molar-refractivity contribution in [3.8, 4) is 11.3 Å². The fourth-order valence-electron chi connectivity index (χ4n) is 2.26. The smallest absolute Gasteiger partial charge is 0.236 e. The van der Waals surface area contributed by atoms with Crippen molar-refractivity contribution >= 4 is 50.1 Å². The van der Waals surface area contributed by atoms with Crippen LogP contribution in [0.5, 0.6) is 0 Å².